The number of alkyl halides is 3. The van der Waals surface area contributed by atoms with Gasteiger partial charge in [-0.05, 0) is 49.4 Å². The van der Waals surface area contributed by atoms with Gasteiger partial charge < -0.3 is 16.0 Å². The van der Waals surface area contributed by atoms with E-state index in [2.05, 4.69) is 15.3 Å². The predicted octanol–water partition coefficient (Wildman–Crippen LogP) is 3.47. The molecule has 4 N–H and O–H groups in total. The lowest BCUT2D eigenvalue weighted by molar-refractivity contribution is -0.137. The molecule has 1 aromatic heterocycles. The van der Waals surface area contributed by atoms with Gasteiger partial charge in [0.05, 0.1) is 22.2 Å². The van der Waals surface area contributed by atoms with Crippen LogP contribution in [0.25, 0.3) is 22.4 Å². The van der Waals surface area contributed by atoms with Crippen LogP contribution < -0.4 is 11.1 Å². The number of aromatic amines is 1. The summed E-state index contributed by atoms with van der Waals surface area (Å²) in [6, 6.07) is 6.89. The molecule has 1 amide bonds. The third-order valence-corrected chi connectivity index (χ3v) is 3.96. The summed E-state index contributed by atoms with van der Waals surface area (Å²) in [5, 5.41) is 2.61. The van der Waals surface area contributed by atoms with E-state index < -0.39 is 23.5 Å². The number of halogens is 4. The Bertz CT molecular complexity index is 981. The van der Waals surface area contributed by atoms with Crippen LogP contribution in [0.4, 0.5) is 17.6 Å². The van der Waals surface area contributed by atoms with Gasteiger partial charge in [-0.2, -0.15) is 13.2 Å². The zero-order chi connectivity index (χ0) is 19.6. The third-order valence-electron chi connectivity index (χ3n) is 3.96. The van der Waals surface area contributed by atoms with Gasteiger partial charge in [0.25, 0.3) is 5.91 Å². The molecule has 0 saturated heterocycles. The summed E-state index contributed by atoms with van der Waals surface area (Å²) in [6.07, 6.45) is -3.88. The van der Waals surface area contributed by atoms with Gasteiger partial charge in [-0.1, -0.05) is 0 Å². The van der Waals surface area contributed by atoms with Crippen molar-refractivity contribution in [1.29, 1.82) is 0 Å². The number of carbonyl (C=O) groups excluding carboxylic acids is 1. The molecule has 0 aliphatic heterocycles. The van der Waals surface area contributed by atoms with Gasteiger partial charge in [-0.3, -0.25) is 4.79 Å². The maximum atomic E-state index is 14.4. The lowest BCUT2D eigenvalue weighted by atomic mass is 10.1. The minimum absolute atomic E-state index is 0.0540. The number of amides is 1. The van der Waals surface area contributed by atoms with Gasteiger partial charge >= 0.3 is 6.18 Å². The lowest BCUT2D eigenvalue weighted by Crippen LogP contribution is -2.26. The normalized spacial score (nSPS) is 11.7. The number of nitrogens with two attached hydrogens (primary N) is 1. The van der Waals surface area contributed by atoms with Crippen molar-refractivity contribution in [2.45, 2.75) is 12.6 Å². The minimum Gasteiger partial charge on any atom is -0.352 e. The van der Waals surface area contributed by atoms with E-state index in [1.165, 1.54) is 18.2 Å². The first-order valence-electron chi connectivity index (χ1n) is 8.15. The van der Waals surface area contributed by atoms with Crippen LogP contribution in [0.5, 0.6) is 0 Å². The van der Waals surface area contributed by atoms with E-state index in [9.17, 15) is 22.4 Å². The summed E-state index contributed by atoms with van der Waals surface area (Å²) < 4.78 is 52.8. The summed E-state index contributed by atoms with van der Waals surface area (Å²) in [6.45, 7) is 0.805. The number of imidazole rings is 1. The molecule has 0 atom stereocenters. The van der Waals surface area contributed by atoms with Crippen molar-refractivity contribution in [2.75, 3.05) is 13.1 Å². The second kappa shape index (κ2) is 7.36. The largest absolute Gasteiger partial charge is 0.416 e. The van der Waals surface area contributed by atoms with Gasteiger partial charge in [-0.25, -0.2) is 9.37 Å². The molecule has 3 aromatic rings. The maximum absolute atomic E-state index is 14.4. The molecule has 0 fully saturated rings. The van der Waals surface area contributed by atoms with Gasteiger partial charge in [0.15, 0.2) is 0 Å². The van der Waals surface area contributed by atoms with Gasteiger partial charge in [0.2, 0.25) is 0 Å². The highest BCUT2D eigenvalue weighted by Gasteiger charge is 2.30. The lowest BCUT2D eigenvalue weighted by Gasteiger charge is -2.06. The van der Waals surface area contributed by atoms with Crippen LogP contribution in [0.15, 0.2) is 36.4 Å². The van der Waals surface area contributed by atoms with E-state index in [4.69, 9.17) is 5.73 Å². The van der Waals surface area contributed by atoms with Crippen molar-refractivity contribution in [3.63, 3.8) is 0 Å². The Kier molecular flexibility index (Phi) is 5.13. The first kappa shape index (κ1) is 18.8. The van der Waals surface area contributed by atoms with Crippen molar-refractivity contribution in [1.82, 2.24) is 15.3 Å². The molecular formula is C18H16F4N4O. The van der Waals surface area contributed by atoms with Crippen LogP contribution >= 0.6 is 0 Å². The fraction of sp³-hybridized carbons (Fsp3) is 0.222. The summed E-state index contributed by atoms with van der Waals surface area (Å²) in [7, 11) is 0. The van der Waals surface area contributed by atoms with Crippen molar-refractivity contribution in [3.05, 3.63) is 53.3 Å². The molecule has 3 rings (SSSR count). The quantitative estimate of drug-likeness (QED) is 0.468. The van der Waals surface area contributed by atoms with Gasteiger partial charge in [-0.15, -0.1) is 0 Å². The molecule has 142 valence electrons. The van der Waals surface area contributed by atoms with Crippen LogP contribution in [0.2, 0.25) is 0 Å². The summed E-state index contributed by atoms with van der Waals surface area (Å²) in [4.78, 5) is 18.8. The molecular weight excluding hydrogens is 364 g/mol. The molecule has 0 spiro atoms. The Morgan fingerprint density at radius 1 is 1.19 bits per heavy atom. The van der Waals surface area contributed by atoms with Gasteiger partial charge in [0.1, 0.15) is 11.6 Å². The van der Waals surface area contributed by atoms with E-state index >= 15 is 0 Å². The predicted molar refractivity (Wildman–Crippen MR) is 92.5 cm³/mol. The number of hydrogen-bond donors (Lipinski definition) is 3. The van der Waals surface area contributed by atoms with Crippen LogP contribution in [-0.2, 0) is 6.18 Å². The average Bonchev–Trinajstić information content (AvgIpc) is 3.03. The summed E-state index contributed by atoms with van der Waals surface area (Å²) >= 11 is 0. The molecule has 0 saturated carbocycles. The first-order valence-corrected chi connectivity index (χ1v) is 8.15. The van der Waals surface area contributed by atoms with E-state index in [1.54, 1.807) is 0 Å². The smallest absolute Gasteiger partial charge is 0.352 e. The molecule has 0 aliphatic rings. The second-order valence-corrected chi connectivity index (χ2v) is 5.91. The number of benzene rings is 2. The van der Waals surface area contributed by atoms with Crippen molar-refractivity contribution >= 4 is 16.9 Å². The fourth-order valence-corrected chi connectivity index (χ4v) is 2.57. The zero-order valence-corrected chi connectivity index (χ0v) is 14.0. The molecule has 0 aliphatic carbocycles. The third kappa shape index (κ3) is 4.08. The number of hydrogen-bond acceptors (Lipinski definition) is 3. The number of carbonyl (C=O) groups is 1. The highest BCUT2D eigenvalue weighted by atomic mass is 19.4. The molecule has 2 aromatic carbocycles. The number of nitrogens with zero attached hydrogens (tertiary/aromatic N) is 1. The molecule has 0 bridgehead atoms. The monoisotopic (exact) mass is 380 g/mol. The average molecular weight is 380 g/mol. The van der Waals surface area contributed by atoms with E-state index in [-0.39, 0.29) is 28.0 Å². The molecule has 1 heterocycles. The topological polar surface area (TPSA) is 83.8 Å². The highest BCUT2D eigenvalue weighted by Crippen LogP contribution is 2.32. The second-order valence-electron chi connectivity index (χ2n) is 5.91. The maximum Gasteiger partial charge on any atom is 0.416 e. The molecule has 5 nitrogen and oxygen atoms in total. The molecule has 9 heteroatoms. The van der Waals surface area contributed by atoms with Gasteiger partial charge in [0, 0.05) is 12.1 Å². The van der Waals surface area contributed by atoms with Crippen LogP contribution in [0.3, 0.4) is 0 Å². The standard InChI is InChI=1S/C18H16F4N4O/c19-13-8-10(17(27)24-7-1-6-23)2-4-12(13)16-25-14-5-3-11(18(20,21)22)9-15(14)26-16/h2-5,8-9H,1,6-7,23H2,(H,24,27)(H,25,26). The Balaban J connectivity index is 1.89. The number of fused-ring (bicyclic) bond motifs is 1. The van der Waals surface area contributed by atoms with E-state index in [1.807, 2.05) is 0 Å². The van der Waals surface area contributed by atoms with Crippen LogP contribution in [-0.4, -0.2) is 29.0 Å². The Labute approximate surface area is 151 Å². The molecule has 0 unspecified atom stereocenters. The number of aromatic nitrogens is 2. The summed E-state index contributed by atoms with van der Waals surface area (Å²) in [5.74, 6) is -1.07. The SMILES string of the molecule is NCCCNC(=O)c1ccc(-c2nc3ccc(C(F)(F)F)cc3[nH]2)c(F)c1. The van der Waals surface area contributed by atoms with E-state index in [0.717, 1.165) is 18.2 Å². The number of rotatable bonds is 5. The summed E-state index contributed by atoms with van der Waals surface area (Å²) in [5.41, 5.74) is 5.12. The highest BCUT2D eigenvalue weighted by molar-refractivity contribution is 5.94. The minimum atomic E-state index is -4.48. The number of nitrogens with one attached hydrogen (secondary N) is 2. The molecule has 0 radical (unpaired) electrons. The van der Waals surface area contributed by atoms with Crippen LogP contribution in [0.1, 0.15) is 22.3 Å². The Morgan fingerprint density at radius 3 is 2.63 bits per heavy atom. The first-order chi connectivity index (χ1) is 12.8. The van der Waals surface area contributed by atoms with Crippen molar-refractivity contribution in [3.8, 4) is 11.4 Å². The Hall–Kier alpha value is -2.94. The zero-order valence-electron chi connectivity index (χ0n) is 14.0. The van der Waals surface area contributed by atoms with Crippen LogP contribution in [0, 0.1) is 5.82 Å². The Morgan fingerprint density at radius 2 is 1.96 bits per heavy atom. The van der Waals surface area contributed by atoms with Crippen molar-refractivity contribution in [2.24, 2.45) is 5.73 Å². The number of H-pyrrole nitrogens is 1. The van der Waals surface area contributed by atoms with E-state index in [0.29, 0.717) is 19.5 Å². The fourth-order valence-electron chi connectivity index (χ4n) is 2.57. The molecule has 27 heavy (non-hydrogen) atoms. The van der Waals surface area contributed by atoms with Crippen molar-refractivity contribution < 1.29 is 22.4 Å².